The predicted molar refractivity (Wildman–Crippen MR) is 119 cm³/mol. The monoisotopic (exact) mass is 430 g/mol. The number of carbonyl (C=O) groups is 2. The van der Waals surface area contributed by atoms with E-state index in [0.29, 0.717) is 29.2 Å². The molecule has 32 heavy (non-hydrogen) atoms. The van der Waals surface area contributed by atoms with Crippen LogP contribution in [-0.2, 0) is 11.2 Å². The topological polar surface area (TPSA) is 94.8 Å². The number of aryl methyl sites for hydroxylation is 2. The highest BCUT2D eigenvalue weighted by Gasteiger charge is 2.21. The summed E-state index contributed by atoms with van der Waals surface area (Å²) >= 11 is 0. The molecule has 162 valence electrons. The SMILES string of the molecule is CC(=O)c1cc2c(cc1NC(=O)CCc1c(C)nc3c4ccccc4nn3c1C)OCO2. The van der Waals surface area contributed by atoms with Crippen LogP contribution in [0.5, 0.6) is 11.5 Å². The Balaban J connectivity index is 1.39. The van der Waals surface area contributed by atoms with Gasteiger partial charge in [0.15, 0.2) is 22.9 Å². The van der Waals surface area contributed by atoms with E-state index >= 15 is 0 Å². The zero-order valence-electron chi connectivity index (χ0n) is 18.1. The van der Waals surface area contributed by atoms with E-state index in [2.05, 4.69) is 10.4 Å². The van der Waals surface area contributed by atoms with Crippen molar-refractivity contribution >= 4 is 33.9 Å². The van der Waals surface area contributed by atoms with E-state index < -0.39 is 0 Å². The fourth-order valence-electron chi connectivity index (χ4n) is 4.13. The fourth-order valence-corrected chi connectivity index (χ4v) is 4.13. The van der Waals surface area contributed by atoms with Gasteiger partial charge in [-0.1, -0.05) is 12.1 Å². The molecule has 1 aliphatic heterocycles. The van der Waals surface area contributed by atoms with Gasteiger partial charge in [-0.05, 0) is 51.0 Å². The maximum Gasteiger partial charge on any atom is 0.231 e. The van der Waals surface area contributed by atoms with Crippen molar-refractivity contribution < 1.29 is 19.1 Å². The number of hydrogen-bond acceptors (Lipinski definition) is 6. The van der Waals surface area contributed by atoms with Gasteiger partial charge in [-0.2, -0.15) is 5.10 Å². The van der Waals surface area contributed by atoms with Crippen LogP contribution in [0.25, 0.3) is 16.6 Å². The van der Waals surface area contributed by atoms with Crippen LogP contribution in [0, 0.1) is 13.8 Å². The van der Waals surface area contributed by atoms with Crippen molar-refractivity contribution in [1.82, 2.24) is 14.6 Å². The number of amides is 1. The number of carbonyl (C=O) groups excluding carboxylic acids is 2. The third kappa shape index (κ3) is 3.33. The maximum absolute atomic E-state index is 12.8. The minimum absolute atomic E-state index is 0.0978. The molecule has 8 heteroatoms. The second-order valence-corrected chi connectivity index (χ2v) is 7.87. The largest absolute Gasteiger partial charge is 0.454 e. The van der Waals surface area contributed by atoms with E-state index in [-0.39, 0.29) is 24.9 Å². The molecule has 0 bridgehead atoms. The highest BCUT2D eigenvalue weighted by molar-refractivity contribution is 6.04. The minimum atomic E-state index is -0.198. The van der Waals surface area contributed by atoms with Gasteiger partial charge in [0.1, 0.15) is 0 Å². The summed E-state index contributed by atoms with van der Waals surface area (Å²) in [4.78, 5) is 29.6. The van der Waals surface area contributed by atoms with Crippen molar-refractivity contribution in [3.8, 4) is 11.5 Å². The number of rotatable bonds is 5. The smallest absolute Gasteiger partial charge is 0.231 e. The average molecular weight is 430 g/mol. The van der Waals surface area contributed by atoms with Gasteiger partial charge in [-0.25, -0.2) is 9.50 Å². The van der Waals surface area contributed by atoms with Crippen molar-refractivity contribution in [2.45, 2.75) is 33.6 Å². The molecule has 1 N–H and O–H groups in total. The Morgan fingerprint density at radius 2 is 1.88 bits per heavy atom. The number of benzene rings is 2. The fraction of sp³-hybridized carbons (Fsp3) is 0.250. The lowest BCUT2D eigenvalue weighted by Crippen LogP contribution is -2.16. The molecule has 0 saturated heterocycles. The summed E-state index contributed by atoms with van der Waals surface area (Å²) in [5.41, 5.74) is 5.34. The van der Waals surface area contributed by atoms with E-state index in [1.165, 1.54) is 6.92 Å². The summed E-state index contributed by atoms with van der Waals surface area (Å²) in [6, 6.07) is 11.1. The van der Waals surface area contributed by atoms with E-state index in [1.807, 2.05) is 42.6 Å². The second kappa shape index (κ2) is 7.64. The number of ether oxygens (including phenoxy) is 2. The summed E-state index contributed by atoms with van der Waals surface area (Å²) in [5, 5.41) is 8.52. The highest BCUT2D eigenvalue weighted by Crippen LogP contribution is 2.37. The molecule has 8 nitrogen and oxygen atoms in total. The van der Waals surface area contributed by atoms with Crippen LogP contribution in [0.3, 0.4) is 0 Å². The molecule has 2 aromatic heterocycles. The van der Waals surface area contributed by atoms with E-state index in [4.69, 9.17) is 14.5 Å². The number of hydrogen-bond donors (Lipinski definition) is 1. The number of aromatic nitrogens is 3. The normalized spacial score (nSPS) is 12.5. The van der Waals surface area contributed by atoms with Crippen molar-refractivity contribution in [2.24, 2.45) is 0 Å². The number of nitrogens with one attached hydrogen (secondary N) is 1. The quantitative estimate of drug-likeness (QED) is 0.481. The molecule has 3 heterocycles. The van der Waals surface area contributed by atoms with Crippen molar-refractivity contribution in [1.29, 1.82) is 0 Å². The predicted octanol–water partition coefficient (Wildman–Crippen LogP) is 4.00. The number of anilines is 1. The van der Waals surface area contributed by atoms with Crippen LogP contribution in [0.15, 0.2) is 36.4 Å². The Hall–Kier alpha value is -3.94. The lowest BCUT2D eigenvalue weighted by Gasteiger charge is -2.13. The summed E-state index contributed by atoms with van der Waals surface area (Å²) in [5.74, 6) is 0.657. The molecule has 0 saturated carbocycles. The van der Waals surface area contributed by atoms with Crippen LogP contribution >= 0.6 is 0 Å². The van der Waals surface area contributed by atoms with Gasteiger partial charge in [0.2, 0.25) is 12.7 Å². The molecule has 0 unspecified atom stereocenters. The minimum Gasteiger partial charge on any atom is -0.454 e. The lowest BCUT2D eigenvalue weighted by atomic mass is 10.1. The van der Waals surface area contributed by atoms with Gasteiger partial charge in [0, 0.05) is 34.8 Å². The number of ketones is 1. The van der Waals surface area contributed by atoms with Gasteiger partial charge in [0.05, 0.1) is 11.2 Å². The van der Waals surface area contributed by atoms with Crippen molar-refractivity contribution in [2.75, 3.05) is 12.1 Å². The summed E-state index contributed by atoms with van der Waals surface area (Å²) in [6.45, 7) is 5.50. The molecule has 0 spiro atoms. The lowest BCUT2D eigenvalue weighted by molar-refractivity contribution is -0.116. The Labute approximate surface area is 184 Å². The van der Waals surface area contributed by atoms with Gasteiger partial charge in [-0.3, -0.25) is 9.59 Å². The molecule has 0 radical (unpaired) electrons. The second-order valence-electron chi connectivity index (χ2n) is 7.87. The molecule has 0 aliphatic carbocycles. The molecule has 1 amide bonds. The zero-order valence-corrected chi connectivity index (χ0v) is 18.1. The molecule has 0 atom stereocenters. The average Bonchev–Trinajstić information content (AvgIpc) is 3.37. The van der Waals surface area contributed by atoms with Crippen LogP contribution < -0.4 is 14.8 Å². The van der Waals surface area contributed by atoms with Crippen LogP contribution in [0.1, 0.15) is 40.7 Å². The molecule has 0 fully saturated rings. The summed E-state index contributed by atoms with van der Waals surface area (Å²) in [6.07, 6.45) is 0.740. The van der Waals surface area contributed by atoms with E-state index in [9.17, 15) is 9.59 Å². The van der Waals surface area contributed by atoms with Gasteiger partial charge >= 0.3 is 0 Å². The summed E-state index contributed by atoms with van der Waals surface area (Å²) in [7, 11) is 0. The van der Waals surface area contributed by atoms with E-state index in [1.54, 1.807) is 12.1 Å². The third-order valence-corrected chi connectivity index (χ3v) is 5.79. The molecule has 4 aromatic rings. The van der Waals surface area contributed by atoms with Crippen molar-refractivity contribution in [3.05, 3.63) is 58.9 Å². The molecule has 5 rings (SSSR count). The van der Waals surface area contributed by atoms with Gasteiger partial charge < -0.3 is 14.8 Å². The van der Waals surface area contributed by atoms with Gasteiger partial charge in [0.25, 0.3) is 0 Å². The number of fused-ring (bicyclic) bond motifs is 4. The third-order valence-electron chi connectivity index (χ3n) is 5.79. The van der Waals surface area contributed by atoms with Crippen LogP contribution in [-0.4, -0.2) is 33.1 Å². The Bertz CT molecular complexity index is 1410. The first-order chi connectivity index (χ1) is 15.4. The highest BCUT2D eigenvalue weighted by atomic mass is 16.7. The number of nitrogens with zero attached hydrogens (tertiary/aromatic N) is 3. The first kappa shape index (κ1) is 20.0. The Morgan fingerprint density at radius 1 is 1.12 bits per heavy atom. The molecular formula is C24H22N4O4. The maximum atomic E-state index is 12.8. The van der Waals surface area contributed by atoms with Crippen LogP contribution in [0.4, 0.5) is 5.69 Å². The molecule has 2 aromatic carbocycles. The Morgan fingerprint density at radius 3 is 2.66 bits per heavy atom. The first-order valence-corrected chi connectivity index (χ1v) is 10.4. The molecule has 1 aliphatic rings. The molecular weight excluding hydrogens is 408 g/mol. The van der Waals surface area contributed by atoms with Crippen molar-refractivity contribution in [3.63, 3.8) is 0 Å². The standard InChI is InChI=1S/C24H22N4O4/c1-13-16(14(2)28-24(25-13)17-6-4-5-7-19(17)27-28)8-9-23(30)26-20-11-22-21(31-12-32-22)10-18(20)15(3)29/h4-7,10-11H,8-9,12H2,1-3H3,(H,26,30). The zero-order chi connectivity index (χ0) is 22.4. The van der Waals surface area contributed by atoms with Gasteiger partial charge in [-0.15, -0.1) is 0 Å². The summed E-state index contributed by atoms with van der Waals surface area (Å²) < 4.78 is 12.6. The first-order valence-electron chi connectivity index (χ1n) is 10.4. The number of Topliss-reactive ketones (excluding diaryl/α,β-unsaturated/α-hetero) is 1. The van der Waals surface area contributed by atoms with Crippen LogP contribution in [0.2, 0.25) is 0 Å². The van der Waals surface area contributed by atoms with E-state index in [0.717, 1.165) is 33.5 Å². The Kier molecular flexibility index (Phi) is 4.77.